The molecule has 0 saturated heterocycles. The van der Waals surface area contributed by atoms with Crippen LogP contribution in [0.4, 0.5) is 4.39 Å². The first-order chi connectivity index (χ1) is 13.2. The van der Waals surface area contributed by atoms with E-state index in [1.165, 1.54) is 23.1 Å². The van der Waals surface area contributed by atoms with Gasteiger partial charge in [0.1, 0.15) is 18.2 Å². The van der Waals surface area contributed by atoms with Crippen molar-refractivity contribution in [2.75, 3.05) is 5.75 Å². The lowest BCUT2D eigenvalue weighted by atomic mass is 10.0. The summed E-state index contributed by atoms with van der Waals surface area (Å²) in [4.78, 5) is 14.1. The molecule has 0 aliphatic carbocycles. The van der Waals surface area contributed by atoms with Crippen LogP contribution in [0.2, 0.25) is 0 Å². The minimum atomic E-state index is -0.575. The number of hydrogen-bond donors (Lipinski definition) is 1. The van der Waals surface area contributed by atoms with Crippen molar-refractivity contribution in [2.45, 2.75) is 29.8 Å². The van der Waals surface area contributed by atoms with Crippen LogP contribution in [0.5, 0.6) is 0 Å². The topological polar surface area (TPSA) is 72.7 Å². The van der Waals surface area contributed by atoms with Crippen LogP contribution in [0.3, 0.4) is 0 Å². The lowest BCUT2D eigenvalue weighted by molar-refractivity contribution is -0.125. The highest BCUT2D eigenvalue weighted by molar-refractivity contribution is 7.99. The van der Waals surface area contributed by atoms with Crippen molar-refractivity contribution in [3.8, 4) is 0 Å². The molecule has 0 fully saturated rings. The van der Waals surface area contributed by atoms with Crippen molar-refractivity contribution >= 4 is 17.7 Å². The SMILES string of the molecule is O=C(NC1CCSc2ccc(F)cc21)C(Cc1ccccc1)n1cnnn1. The number of fused-ring (bicyclic) bond motifs is 1. The normalized spacial score (nSPS) is 17.1. The molecule has 1 aliphatic heterocycles. The monoisotopic (exact) mass is 383 g/mol. The summed E-state index contributed by atoms with van der Waals surface area (Å²) >= 11 is 1.68. The summed E-state index contributed by atoms with van der Waals surface area (Å²) in [5.74, 6) is 0.396. The number of benzene rings is 2. The summed E-state index contributed by atoms with van der Waals surface area (Å²) in [6, 6.07) is 13.7. The van der Waals surface area contributed by atoms with Gasteiger partial charge < -0.3 is 5.32 Å². The summed E-state index contributed by atoms with van der Waals surface area (Å²) in [6.45, 7) is 0. The number of amides is 1. The van der Waals surface area contributed by atoms with Gasteiger partial charge in [0.2, 0.25) is 5.91 Å². The molecule has 2 aromatic carbocycles. The van der Waals surface area contributed by atoms with E-state index in [4.69, 9.17) is 0 Å². The first-order valence-corrected chi connectivity index (χ1v) is 9.68. The zero-order chi connectivity index (χ0) is 18.6. The second-order valence-corrected chi connectivity index (χ2v) is 7.51. The van der Waals surface area contributed by atoms with Crippen LogP contribution in [0.25, 0.3) is 0 Å². The maximum absolute atomic E-state index is 13.7. The number of aromatic nitrogens is 4. The van der Waals surface area contributed by atoms with Gasteiger partial charge in [0.25, 0.3) is 0 Å². The fourth-order valence-corrected chi connectivity index (χ4v) is 4.34. The largest absolute Gasteiger partial charge is 0.347 e. The van der Waals surface area contributed by atoms with E-state index in [9.17, 15) is 9.18 Å². The maximum atomic E-state index is 13.7. The number of nitrogens with zero attached hydrogens (tertiary/aromatic N) is 4. The number of thioether (sulfide) groups is 1. The highest BCUT2D eigenvalue weighted by Crippen LogP contribution is 2.36. The van der Waals surface area contributed by atoms with Crippen LogP contribution in [0.1, 0.15) is 29.6 Å². The van der Waals surface area contributed by atoms with Gasteiger partial charge in [-0.25, -0.2) is 9.07 Å². The smallest absolute Gasteiger partial charge is 0.245 e. The molecule has 6 nitrogen and oxygen atoms in total. The van der Waals surface area contributed by atoms with Crippen molar-refractivity contribution < 1.29 is 9.18 Å². The predicted molar refractivity (Wildman–Crippen MR) is 99.6 cm³/mol. The Morgan fingerprint density at radius 1 is 1.30 bits per heavy atom. The molecule has 8 heteroatoms. The second-order valence-electron chi connectivity index (χ2n) is 6.38. The van der Waals surface area contributed by atoms with Gasteiger partial charge in [-0.1, -0.05) is 30.3 Å². The zero-order valence-corrected chi connectivity index (χ0v) is 15.3. The molecule has 1 aliphatic rings. The van der Waals surface area contributed by atoms with Gasteiger partial charge in [-0.05, 0) is 46.2 Å². The Labute approximate surface area is 160 Å². The van der Waals surface area contributed by atoms with Gasteiger partial charge in [0, 0.05) is 17.1 Å². The maximum Gasteiger partial charge on any atom is 0.245 e. The lowest BCUT2D eigenvalue weighted by Crippen LogP contribution is -2.37. The van der Waals surface area contributed by atoms with Gasteiger partial charge in [0.15, 0.2) is 0 Å². The minimum Gasteiger partial charge on any atom is -0.347 e. The Morgan fingerprint density at radius 3 is 2.93 bits per heavy atom. The van der Waals surface area contributed by atoms with E-state index in [1.807, 2.05) is 30.3 Å². The molecule has 27 heavy (non-hydrogen) atoms. The molecule has 3 aromatic rings. The Kier molecular flexibility index (Phi) is 5.15. The number of rotatable bonds is 5. The van der Waals surface area contributed by atoms with E-state index < -0.39 is 6.04 Å². The van der Waals surface area contributed by atoms with Crippen LogP contribution >= 0.6 is 11.8 Å². The van der Waals surface area contributed by atoms with E-state index in [0.29, 0.717) is 6.42 Å². The van der Waals surface area contributed by atoms with Crippen LogP contribution in [0, 0.1) is 5.82 Å². The average Bonchev–Trinajstić information content (AvgIpc) is 3.22. The van der Waals surface area contributed by atoms with Crippen molar-refractivity contribution in [1.29, 1.82) is 0 Å². The highest BCUT2D eigenvalue weighted by atomic mass is 32.2. The molecule has 0 spiro atoms. The molecule has 1 amide bonds. The third kappa shape index (κ3) is 4.00. The number of tetrazole rings is 1. The Morgan fingerprint density at radius 2 is 2.15 bits per heavy atom. The molecular weight excluding hydrogens is 365 g/mol. The van der Waals surface area contributed by atoms with Crippen molar-refractivity contribution in [3.63, 3.8) is 0 Å². The minimum absolute atomic E-state index is 0.182. The van der Waals surface area contributed by atoms with Crippen molar-refractivity contribution in [1.82, 2.24) is 25.5 Å². The van der Waals surface area contributed by atoms with E-state index >= 15 is 0 Å². The van der Waals surface area contributed by atoms with E-state index in [2.05, 4.69) is 20.8 Å². The van der Waals surface area contributed by atoms with Crippen LogP contribution < -0.4 is 5.32 Å². The summed E-state index contributed by atoms with van der Waals surface area (Å²) in [5.41, 5.74) is 1.84. The van der Waals surface area contributed by atoms with Gasteiger partial charge in [-0.3, -0.25) is 4.79 Å². The number of nitrogens with one attached hydrogen (secondary N) is 1. The van der Waals surface area contributed by atoms with Crippen LogP contribution in [0.15, 0.2) is 59.8 Å². The first kappa shape index (κ1) is 17.7. The molecule has 2 unspecified atom stereocenters. The molecule has 0 bridgehead atoms. The van der Waals surface area contributed by atoms with Crippen molar-refractivity contribution in [2.24, 2.45) is 0 Å². The van der Waals surface area contributed by atoms with E-state index in [1.54, 1.807) is 17.8 Å². The van der Waals surface area contributed by atoms with Gasteiger partial charge in [-0.15, -0.1) is 16.9 Å². The average molecular weight is 383 g/mol. The zero-order valence-electron chi connectivity index (χ0n) is 14.5. The summed E-state index contributed by atoms with van der Waals surface area (Å²) in [7, 11) is 0. The standard InChI is InChI=1S/C19H18FN5OS/c20-14-6-7-18-15(11-14)16(8-9-27-18)22-19(26)17(25-12-21-23-24-25)10-13-4-2-1-3-5-13/h1-7,11-12,16-17H,8-10H2,(H,22,26). The fourth-order valence-electron chi connectivity index (χ4n) is 3.24. The summed E-state index contributed by atoms with van der Waals surface area (Å²) in [5, 5.41) is 14.3. The summed E-state index contributed by atoms with van der Waals surface area (Å²) in [6.07, 6.45) is 2.66. The third-order valence-electron chi connectivity index (χ3n) is 4.59. The fraction of sp³-hybridized carbons (Fsp3) is 0.263. The molecule has 0 radical (unpaired) electrons. The second kappa shape index (κ2) is 7.87. The molecule has 0 saturated carbocycles. The van der Waals surface area contributed by atoms with Crippen molar-refractivity contribution in [3.05, 3.63) is 71.8 Å². The quantitative estimate of drug-likeness (QED) is 0.733. The van der Waals surface area contributed by atoms with Gasteiger partial charge >= 0.3 is 0 Å². The molecule has 2 atom stereocenters. The predicted octanol–water partition coefficient (Wildman–Crippen LogP) is 2.95. The number of hydrogen-bond acceptors (Lipinski definition) is 5. The van der Waals surface area contributed by atoms with E-state index in [-0.39, 0.29) is 17.8 Å². The molecule has 4 rings (SSSR count). The lowest BCUT2D eigenvalue weighted by Gasteiger charge is -2.27. The van der Waals surface area contributed by atoms with Crippen LogP contribution in [-0.2, 0) is 11.2 Å². The molecule has 138 valence electrons. The third-order valence-corrected chi connectivity index (χ3v) is 5.71. The van der Waals surface area contributed by atoms with Gasteiger partial charge in [-0.2, -0.15) is 0 Å². The Hall–Kier alpha value is -2.74. The molecule has 2 heterocycles. The molecule has 1 aromatic heterocycles. The summed E-state index contributed by atoms with van der Waals surface area (Å²) < 4.78 is 15.2. The number of halogens is 1. The van der Waals surface area contributed by atoms with Gasteiger partial charge in [0.05, 0.1) is 6.04 Å². The Bertz CT molecular complexity index is 919. The number of carbonyl (C=O) groups excluding carboxylic acids is 1. The number of carbonyl (C=O) groups is 1. The Balaban J connectivity index is 1.57. The first-order valence-electron chi connectivity index (χ1n) is 8.70. The van der Waals surface area contributed by atoms with Crippen LogP contribution in [-0.4, -0.2) is 31.9 Å². The highest BCUT2D eigenvalue weighted by Gasteiger charge is 2.28. The molecular formula is C19H18FN5OS. The molecule has 1 N–H and O–H groups in total. The van der Waals surface area contributed by atoms with E-state index in [0.717, 1.165) is 28.2 Å².